The Hall–Kier alpha value is -1.16. The van der Waals surface area contributed by atoms with Crippen LogP contribution in [0.5, 0.6) is 5.75 Å². The van der Waals surface area contributed by atoms with E-state index in [9.17, 15) is 8.78 Å². The quantitative estimate of drug-likeness (QED) is 0.285. The maximum Gasteiger partial charge on any atom is 0.191 e. The van der Waals surface area contributed by atoms with Crippen molar-refractivity contribution >= 4 is 29.9 Å². The minimum atomic E-state index is -0.702. The SMILES string of the molecule is CN=C(NCCOc1ccc(F)cc1F)NC1C2CCCOC2C1(C)C.I. The fourth-order valence-corrected chi connectivity index (χ4v) is 4.08. The number of rotatable bonds is 5. The van der Waals surface area contributed by atoms with Crippen LogP contribution in [0.25, 0.3) is 0 Å². The maximum absolute atomic E-state index is 13.5. The largest absolute Gasteiger partial charge is 0.489 e. The molecule has 0 amide bonds. The van der Waals surface area contributed by atoms with Crippen LogP contribution < -0.4 is 15.4 Å². The molecule has 1 saturated carbocycles. The van der Waals surface area contributed by atoms with Crippen molar-refractivity contribution in [3.63, 3.8) is 0 Å². The Bertz CT molecular complexity index is 672. The summed E-state index contributed by atoms with van der Waals surface area (Å²) in [6, 6.07) is 3.57. The van der Waals surface area contributed by atoms with Crippen LogP contribution in [0.2, 0.25) is 0 Å². The summed E-state index contributed by atoms with van der Waals surface area (Å²) in [7, 11) is 1.72. The second-order valence-electron chi connectivity index (χ2n) is 7.46. The van der Waals surface area contributed by atoms with Gasteiger partial charge in [-0.15, -0.1) is 24.0 Å². The Balaban J connectivity index is 0.00000261. The molecule has 1 aromatic carbocycles. The van der Waals surface area contributed by atoms with E-state index >= 15 is 0 Å². The number of guanidine groups is 1. The van der Waals surface area contributed by atoms with E-state index in [1.54, 1.807) is 7.05 Å². The molecule has 1 heterocycles. The Morgan fingerprint density at radius 1 is 1.37 bits per heavy atom. The first-order chi connectivity index (χ1) is 12.4. The van der Waals surface area contributed by atoms with Gasteiger partial charge in [0, 0.05) is 37.1 Å². The fourth-order valence-electron chi connectivity index (χ4n) is 4.08. The zero-order valence-electron chi connectivity index (χ0n) is 15.9. The molecule has 1 aliphatic carbocycles. The van der Waals surface area contributed by atoms with Gasteiger partial charge in [-0.2, -0.15) is 0 Å². The lowest BCUT2D eigenvalue weighted by Gasteiger charge is -2.60. The first kappa shape index (κ1) is 22.1. The molecule has 0 bridgehead atoms. The highest BCUT2D eigenvalue weighted by molar-refractivity contribution is 14.0. The van der Waals surface area contributed by atoms with Crippen LogP contribution in [-0.4, -0.2) is 44.9 Å². The van der Waals surface area contributed by atoms with Gasteiger partial charge in [0.1, 0.15) is 12.4 Å². The minimum absolute atomic E-state index is 0. The lowest BCUT2D eigenvalue weighted by molar-refractivity contribution is -0.188. The molecule has 0 aromatic heterocycles. The number of benzene rings is 1. The third-order valence-corrected chi connectivity index (χ3v) is 5.39. The molecule has 1 aromatic rings. The number of hydrogen-bond acceptors (Lipinski definition) is 3. The van der Waals surface area contributed by atoms with E-state index in [1.165, 1.54) is 12.1 Å². The Morgan fingerprint density at radius 2 is 2.15 bits per heavy atom. The van der Waals surface area contributed by atoms with Gasteiger partial charge in [-0.3, -0.25) is 4.99 Å². The average Bonchev–Trinajstić information content (AvgIpc) is 2.62. The van der Waals surface area contributed by atoms with Crippen molar-refractivity contribution in [1.29, 1.82) is 0 Å². The van der Waals surface area contributed by atoms with Crippen molar-refractivity contribution in [2.75, 3.05) is 26.8 Å². The third-order valence-electron chi connectivity index (χ3n) is 5.39. The minimum Gasteiger partial charge on any atom is -0.489 e. The summed E-state index contributed by atoms with van der Waals surface area (Å²) in [5.74, 6) is -0.0895. The monoisotopic (exact) mass is 495 g/mol. The summed E-state index contributed by atoms with van der Waals surface area (Å²) < 4.78 is 37.7. The van der Waals surface area contributed by atoms with Crippen molar-refractivity contribution in [3.05, 3.63) is 29.8 Å². The first-order valence-electron chi connectivity index (χ1n) is 9.10. The van der Waals surface area contributed by atoms with E-state index in [0.717, 1.165) is 25.5 Å². The molecule has 27 heavy (non-hydrogen) atoms. The Morgan fingerprint density at radius 3 is 2.85 bits per heavy atom. The molecule has 3 atom stereocenters. The first-order valence-corrected chi connectivity index (χ1v) is 9.10. The van der Waals surface area contributed by atoms with Gasteiger partial charge in [0.05, 0.1) is 12.6 Å². The molecule has 3 rings (SSSR count). The highest BCUT2D eigenvalue weighted by Crippen LogP contribution is 2.51. The normalized spacial score (nSPS) is 26.3. The molecule has 2 fully saturated rings. The topological polar surface area (TPSA) is 54.9 Å². The molecule has 0 spiro atoms. The molecular weight excluding hydrogens is 467 g/mol. The highest BCUT2D eigenvalue weighted by atomic mass is 127. The molecule has 0 radical (unpaired) electrons. The lowest BCUT2D eigenvalue weighted by atomic mass is 9.55. The summed E-state index contributed by atoms with van der Waals surface area (Å²) in [5, 5.41) is 6.67. The van der Waals surface area contributed by atoms with Gasteiger partial charge in [-0.1, -0.05) is 13.8 Å². The Kier molecular flexibility index (Phi) is 7.67. The molecule has 2 aliphatic rings. The van der Waals surface area contributed by atoms with E-state index in [2.05, 4.69) is 29.5 Å². The predicted octanol–water partition coefficient (Wildman–Crippen LogP) is 3.33. The van der Waals surface area contributed by atoms with Crippen LogP contribution in [0.4, 0.5) is 8.78 Å². The molecule has 152 valence electrons. The van der Waals surface area contributed by atoms with Crippen LogP contribution in [0.3, 0.4) is 0 Å². The van der Waals surface area contributed by atoms with E-state index in [0.29, 0.717) is 30.6 Å². The van der Waals surface area contributed by atoms with E-state index < -0.39 is 11.6 Å². The fraction of sp³-hybridized carbons (Fsp3) is 0.632. The maximum atomic E-state index is 13.5. The van der Waals surface area contributed by atoms with Crippen molar-refractivity contribution in [2.24, 2.45) is 16.3 Å². The van der Waals surface area contributed by atoms with Crippen molar-refractivity contribution in [1.82, 2.24) is 10.6 Å². The van der Waals surface area contributed by atoms with Crippen molar-refractivity contribution in [2.45, 2.75) is 38.8 Å². The molecule has 3 unspecified atom stereocenters. The third kappa shape index (κ3) is 4.82. The lowest BCUT2D eigenvalue weighted by Crippen LogP contribution is -2.71. The van der Waals surface area contributed by atoms with Gasteiger partial charge in [0.2, 0.25) is 0 Å². The average molecular weight is 495 g/mol. The number of hydrogen-bond donors (Lipinski definition) is 2. The predicted molar refractivity (Wildman–Crippen MR) is 112 cm³/mol. The molecule has 1 aliphatic heterocycles. The van der Waals surface area contributed by atoms with Crippen LogP contribution in [-0.2, 0) is 4.74 Å². The second kappa shape index (κ2) is 9.36. The number of ether oxygens (including phenoxy) is 2. The van der Waals surface area contributed by atoms with Gasteiger partial charge in [0.15, 0.2) is 17.5 Å². The summed E-state index contributed by atoms with van der Waals surface area (Å²) in [6.45, 7) is 5.97. The molecule has 5 nitrogen and oxygen atoms in total. The molecular formula is C19H28F2IN3O2. The van der Waals surface area contributed by atoms with Crippen LogP contribution in [0.15, 0.2) is 23.2 Å². The molecule has 2 N–H and O–H groups in total. The zero-order chi connectivity index (χ0) is 18.7. The molecule has 8 heteroatoms. The van der Waals surface area contributed by atoms with Gasteiger partial charge < -0.3 is 20.1 Å². The number of halogens is 3. The van der Waals surface area contributed by atoms with Gasteiger partial charge >= 0.3 is 0 Å². The van der Waals surface area contributed by atoms with E-state index in [1.807, 2.05) is 0 Å². The van der Waals surface area contributed by atoms with Crippen molar-refractivity contribution in [3.8, 4) is 5.75 Å². The highest BCUT2D eigenvalue weighted by Gasteiger charge is 2.58. The Labute approximate surface area is 176 Å². The van der Waals surface area contributed by atoms with Crippen molar-refractivity contribution < 1.29 is 18.3 Å². The van der Waals surface area contributed by atoms with Gasteiger partial charge in [-0.25, -0.2) is 8.78 Å². The summed E-state index contributed by atoms with van der Waals surface area (Å²) >= 11 is 0. The van der Waals surface area contributed by atoms with E-state index in [-0.39, 0.29) is 41.7 Å². The number of nitrogens with zero attached hydrogens (tertiary/aromatic N) is 1. The van der Waals surface area contributed by atoms with Gasteiger partial charge in [0.25, 0.3) is 0 Å². The smallest absolute Gasteiger partial charge is 0.191 e. The van der Waals surface area contributed by atoms with Crippen LogP contribution in [0.1, 0.15) is 26.7 Å². The number of fused-ring (bicyclic) bond motifs is 1. The summed E-state index contributed by atoms with van der Waals surface area (Å²) in [5.41, 5.74) is 0.0520. The van der Waals surface area contributed by atoms with E-state index in [4.69, 9.17) is 9.47 Å². The number of nitrogens with one attached hydrogen (secondary N) is 2. The van der Waals surface area contributed by atoms with Crippen LogP contribution in [0, 0.1) is 23.0 Å². The second-order valence-corrected chi connectivity index (χ2v) is 7.46. The van der Waals surface area contributed by atoms with Gasteiger partial charge in [-0.05, 0) is 25.0 Å². The zero-order valence-corrected chi connectivity index (χ0v) is 18.3. The van der Waals surface area contributed by atoms with Crippen LogP contribution >= 0.6 is 24.0 Å². The number of aliphatic imine (C=N–C) groups is 1. The molecule has 1 saturated heterocycles. The summed E-state index contributed by atoms with van der Waals surface area (Å²) in [6.07, 6.45) is 2.56. The standard InChI is InChI=1S/C19H27F2N3O2.HI/c1-19(2)16(13-5-4-9-26-17(13)19)24-18(22-3)23-8-10-25-15-7-6-12(20)11-14(15)21;/h6-7,11,13,16-17H,4-5,8-10H2,1-3H3,(H2,22,23,24);1H. The summed E-state index contributed by atoms with van der Waals surface area (Å²) in [4.78, 5) is 4.26.